The van der Waals surface area contributed by atoms with E-state index in [-0.39, 0.29) is 29.5 Å². The second-order valence-corrected chi connectivity index (χ2v) is 14.3. The molecule has 6 heteroatoms. The van der Waals surface area contributed by atoms with Crippen LogP contribution in [0.4, 0.5) is 0 Å². The number of ether oxygens (including phenoxy) is 3. The summed E-state index contributed by atoms with van der Waals surface area (Å²) >= 11 is 0. The Labute approximate surface area is 153 Å². The van der Waals surface area contributed by atoms with Gasteiger partial charge < -0.3 is 23.7 Å². The first-order valence-corrected chi connectivity index (χ1v) is 12.8. The van der Waals surface area contributed by atoms with Crippen molar-refractivity contribution in [1.29, 1.82) is 0 Å². The SMILES string of the molecule is CC(C)(C)[Si](C)(C)OCC1C(OC2CCCCO2)C[C@@H]2OC(O)CC12. The molecule has 5 unspecified atom stereocenters. The molecule has 5 nitrogen and oxygen atoms in total. The highest BCUT2D eigenvalue weighted by molar-refractivity contribution is 6.74. The molecule has 6 atom stereocenters. The van der Waals surface area contributed by atoms with Crippen molar-refractivity contribution in [2.24, 2.45) is 11.8 Å². The van der Waals surface area contributed by atoms with Crippen molar-refractivity contribution in [2.45, 2.75) is 95.8 Å². The van der Waals surface area contributed by atoms with Crippen LogP contribution < -0.4 is 0 Å². The van der Waals surface area contributed by atoms with Gasteiger partial charge in [-0.25, -0.2) is 0 Å². The van der Waals surface area contributed by atoms with Crippen LogP contribution in [0.3, 0.4) is 0 Å². The average Bonchev–Trinajstić information content (AvgIpc) is 3.01. The molecular formula is C19H36O5Si. The molecule has 1 saturated carbocycles. The second kappa shape index (κ2) is 7.56. The first-order chi connectivity index (χ1) is 11.7. The number of hydrogen-bond acceptors (Lipinski definition) is 5. The van der Waals surface area contributed by atoms with Crippen LogP contribution in [0, 0.1) is 11.8 Å². The lowest BCUT2D eigenvalue weighted by Gasteiger charge is -2.38. The maximum absolute atomic E-state index is 9.90. The highest BCUT2D eigenvalue weighted by Gasteiger charge is 2.51. The molecule has 2 aliphatic heterocycles. The van der Waals surface area contributed by atoms with Crippen molar-refractivity contribution in [3.05, 3.63) is 0 Å². The van der Waals surface area contributed by atoms with Crippen molar-refractivity contribution in [3.8, 4) is 0 Å². The fourth-order valence-corrected chi connectivity index (χ4v) is 5.07. The summed E-state index contributed by atoms with van der Waals surface area (Å²) in [4.78, 5) is 0. The third kappa shape index (κ3) is 4.47. The molecule has 3 aliphatic rings. The van der Waals surface area contributed by atoms with Gasteiger partial charge in [0.15, 0.2) is 20.9 Å². The number of aliphatic hydroxyl groups is 1. The van der Waals surface area contributed by atoms with Crippen LogP contribution in [0.1, 0.15) is 52.9 Å². The van der Waals surface area contributed by atoms with Crippen LogP contribution >= 0.6 is 0 Å². The Bertz CT molecular complexity index is 444. The summed E-state index contributed by atoms with van der Waals surface area (Å²) in [6, 6.07) is 0. The van der Waals surface area contributed by atoms with E-state index in [2.05, 4.69) is 33.9 Å². The summed E-state index contributed by atoms with van der Waals surface area (Å²) < 4.78 is 24.4. The summed E-state index contributed by atoms with van der Waals surface area (Å²) in [5.74, 6) is 0.607. The molecule has 0 aromatic heterocycles. The van der Waals surface area contributed by atoms with Crippen LogP contribution in [-0.4, -0.2) is 51.4 Å². The van der Waals surface area contributed by atoms with Gasteiger partial charge in [0.1, 0.15) is 0 Å². The third-order valence-electron chi connectivity index (χ3n) is 6.68. The fraction of sp³-hybridized carbons (Fsp3) is 1.00. The number of hydrogen-bond donors (Lipinski definition) is 1. The minimum atomic E-state index is -1.81. The van der Waals surface area contributed by atoms with Gasteiger partial charge in [0.05, 0.1) is 12.2 Å². The van der Waals surface area contributed by atoms with E-state index < -0.39 is 14.6 Å². The molecule has 25 heavy (non-hydrogen) atoms. The Kier molecular flexibility index (Phi) is 5.98. The predicted octanol–water partition coefficient (Wildman–Crippen LogP) is 3.66. The molecule has 0 amide bonds. The van der Waals surface area contributed by atoms with E-state index >= 15 is 0 Å². The first kappa shape index (κ1) is 19.8. The topological polar surface area (TPSA) is 57.2 Å². The van der Waals surface area contributed by atoms with E-state index in [4.69, 9.17) is 18.6 Å². The maximum Gasteiger partial charge on any atom is 0.191 e. The van der Waals surface area contributed by atoms with Crippen LogP contribution in [0.15, 0.2) is 0 Å². The lowest BCUT2D eigenvalue weighted by atomic mass is 9.93. The van der Waals surface area contributed by atoms with E-state index in [1.54, 1.807) is 0 Å². The van der Waals surface area contributed by atoms with Crippen LogP contribution in [0.5, 0.6) is 0 Å². The highest BCUT2D eigenvalue weighted by atomic mass is 28.4. The number of aliphatic hydroxyl groups excluding tert-OH is 1. The molecule has 2 saturated heterocycles. The number of fused-ring (bicyclic) bond motifs is 1. The third-order valence-corrected chi connectivity index (χ3v) is 11.2. The molecule has 0 radical (unpaired) electrons. The molecule has 1 N–H and O–H groups in total. The molecule has 3 fully saturated rings. The molecule has 0 aromatic rings. The van der Waals surface area contributed by atoms with Crippen molar-refractivity contribution in [2.75, 3.05) is 13.2 Å². The van der Waals surface area contributed by atoms with Gasteiger partial charge in [-0.1, -0.05) is 20.8 Å². The Morgan fingerprint density at radius 1 is 1.16 bits per heavy atom. The molecule has 2 heterocycles. The fourth-order valence-electron chi connectivity index (χ4n) is 4.03. The highest BCUT2D eigenvalue weighted by Crippen LogP contribution is 2.46. The summed E-state index contributed by atoms with van der Waals surface area (Å²) in [6.07, 6.45) is 4.30. The maximum atomic E-state index is 9.90. The second-order valence-electron chi connectivity index (χ2n) is 9.47. The summed E-state index contributed by atoms with van der Waals surface area (Å²) in [5.41, 5.74) is 0. The standard InChI is InChI=1S/C19H36O5Si/c1-19(2,3)25(4,5)22-12-14-13-10-17(20)23-15(13)11-16(14)24-18-8-6-7-9-21-18/h13-18,20H,6-12H2,1-5H3/t13?,14?,15-,16?,17?,18?/m0/s1. The van der Waals surface area contributed by atoms with Gasteiger partial charge in [-0.15, -0.1) is 0 Å². The van der Waals surface area contributed by atoms with Crippen molar-refractivity contribution >= 4 is 8.32 Å². The van der Waals surface area contributed by atoms with E-state index in [0.29, 0.717) is 18.9 Å². The van der Waals surface area contributed by atoms with Crippen molar-refractivity contribution in [1.82, 2.24) is 0 Å². The van der Waals surface area contributed by atoms with E-state index in [0.717, 1.165) is 25.9 Å². The van der Waals surface area contributed by atoms with Crippen molar-refractivity contribution < 1.29 is 23.7 Å². The predicted molar refractivity (Wildman–Crippen MR) is 98.7 cm³/mol. The van der Waals surface area contributed by atoms with E-state index in [9.17, 15) is 5.11 Å². The van der Waals surface area contributed by atoms with Gasteiger partial charge in [0.2, 0.25) is 0 Å². The smallest absolute Gasteiger partial charge is 0.191 e. The number of rotatable bonds is 5. The minimum absolute atomic E-state index is 0.0853. The molecule has 146 valence electrons. The minimum Gasteiger partial charge on any atom is -0.416 e. The Morgan fingerprint density at radius 3 is 2.56 bits per heavy atom. The Balaban J connectivity index is 1.65. The first-order valence-electron chi connectivity index (χ1n) is 9.92. The molecular weight excluding hydrogens is 336 g/mol. The van der Waals surface area contributed by atoms with Gasteiger partial charge in [-0.05, 0) is 43.3 Å². The zero-order valence-electron chi connectivity index (χ0n) is 16.5. The largest absolute Gasteiger partial charge is 0.416 e. The quantitative estimate of drug-likeness (QED) is 0.746. The molecule has 3 rings (SSSR count). The summed E-state index contributed by atoms with van der Waals surface area (Å²) in [6.45, 7) is 12.9. The van der Waals surface area contributed by atoms with Gasteiger partial charge in [-0.2, -0.15) is 0 Å². The molecule has 1 aliphatic carbocycles. The van der Waals surface area contributed by atoms with E-state index in [1.165, 1.54) is 6.42 Å². The van der Waals surface area contributed by atoms with Crippen molar-refractivity contribution in [3.63, 3.8) is 0 Å². The van der Waals surface area contributed by atoms with Gasteiger partial charge in [-0.3, -0.25) is 0 Å². The van der Waals surface area contributed by atoms with Crippen LogP contribution in [-0.2, 0) is 18.6 Å². The monoisotopic (exact) mass is 372 g/mol. The van der Waals surface area contributed by atoms with Gasteiger partial charge in [0.25, 0.3) is 0 Å². The Hall–Kier alpha value is 0.0169. The normalized spacial score (nSPS) is 39.6. The van der Waals surface area contributed by atoms with E-state index in [1.807, 2.05) is 0 Å². The lowest BCUT2D eigenvalue weighted by molar-refractivity contribution is -0.201. The molecule has 0 aromatic carbocycles. The summed E-state index contributed by atoms with van der Waals surface area (Å²) in [5, 5.41) is 10.1. The molecule has 0 spiro atoms. The summed E-state index contributed by atoms with van der Waals surface area (Å²) in [7, 11) is -1.81. The average molecular weight is 373 g/mol. The van der Waals surface area contributed by atoms with Crippen LogP contribution in [0.25, 0.3) is 0 Å². The lowest BCUT2D eigenvalue weighted by Crippen LogP contribution is -2.44. The molecule has 0 bridgehead atoms. The van der Waals surface area contributed by atoms with Crippen LogP contribution in [0.2, 0.25) is 18.1 Å². The Morgan fingerprint density at radius 2 is 1.92 bits per heavy atom. The van der Waals surface area contributed by atoms with Gasteiger partial charge in [0, 0.05) is 32.0 Å². The zero-order chi connectivity index (χ0) is 18.2. The zero-order valence-corrected chi connectivity index (χ0v) is 17.5. The van der Waals surface area contributed by atoms with Gasteiger partial charge >= 0.3 is 0 Å².